The first kappa shape index (κ1) is 13.6. The Hall–Kier alpha value is -1.80. The van der Waals surface area contributed by atoms with Gasteiger partial charge in [0.05, 0.1) is 6.61 Å². The van der Waals surface area contributed by atoms with Gasteiger partial charge in [0.25, 0.3) is 0 Å². The van der Waals surface area contributed by atoms with Crippen LogP contribution >= 0.6 is 0 Å². The summed E-state index contributed by atoms with van der Waals surface area (Å²) in [6, 6.07) is 18.5. The molecule has 100 valence electrons. The number of benzene rings is 2. The van der Waals surface area contributed by atoms with Crippen LogP contribution in [-0.2, 0) is 6.42 Å². The highest BCUT2D eigenvalue weighted by atomic mass is 16.5. The summed E-state index contributed by atoms with van der Waals surface area (Å²) in [5.74, 6) is 0.908. The van der Waals surface area contributed by atoms with Crippen molar-refractivity contribution in [2.75, 3.05) is 6.61 Å². The van der Waals surface area contributed by atoms with Crippen LogP contribution in [0.3, 0.4) is 0 Å². The van der Waals surface area contributed by atoms with E-state index in [-0.39, 0.29) is 6.04 Å². The summed E-state index contributed by atoms with van der Waals surface area (Å²) in [5, 5.41) is 0. The Morgan fingerprint density at radius 2 is 1.68 bits per heavy atom. The van der Waals surface area contributed by atoms with Gasteiger partial charge in [-0.3, -0.25) is 0 Å². The van der Waals surface area contributed by atoms with E-state index < -0.39 is 0 Å². The van der Waals surface area contributed by atoms with Crippen molar-refractivity contribution in [3.8, 4) is 5.75 Å². The maximum atomic E-state index is 5.93. The van der Waals surface area contributed by atoms with Crippen LogP contribution in [-0.4, -0.2) is 6.61 Å². The van der Waals surface area contributed by atoms with Gasteiger partial charge in [-0.1, -0.05) is 48.5 Å². The Morgan fingerprint density at radius 3 is 2.42 bits per heavy atom. The number of aryl methyl sites for hydroxylation is 1. The van der Waals surface area contributed by atoms with Gasteiger partial charge in [-0.25, -0.2) is 0 Å². The van der Waals surface area contributed by atoms with Gasteiger partial charge in [-0.15, -0.1) is 0 Å². The highest BCUT2D eigenvalue weighted by molar-refractivity contribution is 5.35. The van der Waals surface area contributed by atoms with Crippen molar-refractivity contribution in [3.63, 3.8) is 0 Å². The SMILES string of the molecule is CC(N)c1ccccc1OCCCc1ccccc1. The summed E-state index contributed by atoms with van der Waals surface area (Å²) < 4.78 is 5.84. The third-order valence-electron chi connectivity index (χ3n) is 3.12. The lowest BCUT2D eigenvalue weighted by Crippen LogP contribution is -2.08. The van der Waals surface area contributed by atoms with Crippen molar-refractivity contribution in [1.29, 1.82) is 0 Å². The lowest BCUT2D eigenvalue weighted by molar-refractivity contribution is 0.306. The van der Waals surface area contributed by atoms with E-state index in [1.165, 1.54) is 5.56 Å². The molecule has 0 amide bonds. The van der Waals surface area contributed by atoms with E-state index in [2.05, 4.69) is 24.3 Å². The fourth-order valence-electron chi connectivity index (χ4n) is 2.09. The van der Waals surface area contributed by atoms with Crippen LogP contribution in [0.5, 0.6) is 5.75 Å². The molecule has 2 aromatic carbocycles. The molecule has 0 heterocycles. The second-order valence-corrected chi connectivity index (χ2v) is 4.76. The van der Waals surface area contributed by atoms with Gasteiger partial charge in [0.2, 0.25) is 0 Å². The number of hydrogen-bond donors (Lipinski definition) is 1. The van der Waals surface area contributed by atoms with Gasteiger partial charge < -0.3 is 10.5 Å². The smallest absolute Gasteiger partial charge is 0.124 e. The molecule has 0 aliphatic heterocycles. The molecule has 0 saturated carbocycles. The zero-order chi connectivity index (χ0) is 13.5. The van der Waals surface area contributed by atoms with E-state index in [4.69, 9.17) is 10.5 Å². The molecule has 1 atom stereocenters. The molecular weight excluding hydrogens is 234 g/mol. The van der Waals surface area contributed by atoms with Crippen LogP contribution in [0.2, 0.25) is 0 Å². The summed E-state index contributed by atoms with van der Waals surface area (Å²) >= 11 is 0. The minimum absolute atomic E-state index is 0.00493. The van der Waals surface area contributed by atoms with Gasteiger partial charge in [0.15, 0.2) is 0 Å². The Morgan fingerprint density at radius 1 is 1.00 bits per heavy atom. The van der Waals surface area contributed by atoms with Crippen molar-refractivity contribution < 1.29 is 4.74 Å². The number of rotatable bonds is 6. The molecule has 1 unspecified atom stereocenters. The third kappa shape index (κ3) is 4.11. The summed E-state index contributed by atoms with van der Waals surface area (Å²) in [6.45, 7) is 2.70. The monoisotopic (exact) mass is 255 g/mol. The van der Waals surface area contributed by atoms with Crippen LogP contribution < -0.4 is 10.5 Å². The van der Waals surface area contributed by atoms with E-state index in [1.54, 1.807) is 0 Å². The van der Waals surface area contributed by atoms with Crippen LogP contribution in [0.25, 0.3) is 0 Å². The minimum Gasteiger partial charge on any atom is -0.493 e. The molecule has 0 aliphatic carbocycles. The Labute approximate surface area is 115 Å². The molecule has 0 radical (unpaired) electrons. The first-order valence-corrected chi connectivity index (χ1v) is 6.78. The van der Waals surface area contributed by atoms with Gasteiger partial charge >= 0.3 is 0 Å². The second kappa shape index (κ2) is 6.95. The quantitative estimate of drug-likeness (QED) is 0.798. The Kier molecular flexibility index (Phi) is 4.99. The van der Waals surface area contributed by atoms with Crippen LogP contribution in [0.15, 0.2) is 54.6 Å². The molecule has 0 aliphatic rings. The average Bonchev–Trinajstić information content (AvgIpc) is 2.45. The fourth-order valence-corrected chi connectivity index (χ4v) is 2.09. The molecule has 2 aromatic rings. The van der Waals surface area contributed by atoms with Gasteiger partial charge in [-0.2, -0.15) is 0 Å². The fraction of sp³-hybridized carbons (Fsp3) is 0.294. The predicted molar refractivity (Wildman–Crippen MR) is 79.3 cm³/mol. The predicted octanol–water partition coefficient (Wildman–Crippen LogP) is 3.72. The van der Waals surface area contributed by atoms with Gasteiger partial charge in [0, 0.05) is 11.6 Å². The zero-order valence-corrected chi connectivity index (χ0v) is 11.4. The Bertz CT molecular complexity index is 494. The van der Waals surface area contributed by atoms with E-state index in [9.17, 15) is 0 Å². The molecule has 2 nitrogen and oxygen atoms in total. The van der Waals surface area contributed by atoms with Gasteiger partial charge in [-0.05, 0) is 31.4 Å². The van der Waals surface area contributed by atoms with Crippen LogP contribution in [0.1, 0.15) is 30.5 Å². The standard InChI is InChI=1S/C17H21NO/c1-14(18)16-11-5-6-12-17(16)19-13-7-10-15-8-3-2-4-9-15/h2-6,8-9,11-12,14H,7,10,13,18H2,1H3. The van der Waals surface area contributed by atoms with Crippen molar-refractivity contribution >= 4 is 0 Å². The number of para-hydroxylation sites is 1. The molecule has 0 bridgehead atoms. The summed E-state index contributed by atoms with van der Waals surface area (Å²) in [6.07, 6.45) is 2.05. The van der Waals surface area contributed by atoms with Crippen molar-refractivity contribution in [3.05, 3.63) is 65.7 Å². The number of hydrogen-bond acceptors (Lipinski definition) is 2. The summed E-state index contributed by atoms with van der Waals surface area (Å²) in [5.41, 5.74) is 8.35. The summed E-state index contributed by atoms with van der Waals surface area (Å²) in [4.78, 5) is 0. The highest BCUT2D eigenvalue weighted by Gasteiger charge is 2.06. The molecule has 19 heavy (non-hydrogen) atoms. The van der Waals surface area contributed by atoms with E-state index >= 15 is 0 Å². The normalized spacial score (nSPS) is 12.1. The third-order valence-corrected chi connectivity index (χ3v) is 3.12. The number of nitrogens with two attached hydrogens (primary N) is 1. The average molecular weight is 255 g/mol. The molecular formula is C17H21NO. The van der Waals surface area contributed by atoms with E-state index in [0.29, 0.717) is 0 Å². The molecule has 0 spiro atoms. The van der Waals surface area contributed by atoms with Crippen LogP contribution in [0, 0.1) is 0 Å². The largest absolute Gasteiger partial charge is 0.493 e. The van der Waals surface area contributed by atoms with Crippen molar-refractivity contribution in [2.24, 2.45) is 5.73 Å². The van der Waals surface area contributed by atoms with Gasteiger partial charge in [0.1, 0.15) is 5.75 Å². The minimum atomic E-state index is 0.00493. The lowest BCUT2D eigenvalue weighted by Gasteiger charge is -2.13. The van der Waals surface area contributed by atoms with Crippen molar-refractivity contribution in [1.82, 2.24) is 0 Å². The molecule has 2 rings (SSSR count). The molecule has 2 heteroatoms. The van der Waals surface area contributed by atoms with E-state index in [1.807, 2.05) is 37.3 Å². The maximum Gasteiger partial charge on any atom is 0.124 e. The topological polar surface area (TPSA) is 35.2 Å². The lowest BCUT2D eigenvalue weighted by atomic mass is 10.1. The second-order valence-electron chi connectivity index (χ2n) is 4.76. The molecule has 0 aromatic heterocycles. The van der Waals surface area contributed by atoms with E-state index in [0.717, 1.165) is 30.8 Å². The Balaban J connectivity index is 1.83. The molecule has 0 fully saturated rings. The van der Waals surface area contributed by atoms with Crippen LogP contribution in [0.4, 0.5) is 0 Å². The molecule has 2 N–H and O–H groups in total. The first-order valence-electron chi connectivity index (χ1n) is 6.78. The molecule has 0 saturated heterocycles. The zero-order valence-electron chi connectivity index (χ0n) is 11.4. The highest BCUT2D eigenvalue weighted by Crippen LogP contribution is 2.23. The summed E-state index contributed by atoms with van der Waals surface area (Å²) in [7, 11) is 0. The van der Waals surface area contributed by atoms with Crippen molar-refractivity contribution in [2.45, 2.75) is 25.8 Å². The number of ether oxygens (including phenoxy) is 1. The maximum absolute atomic E-state index is 5.93. The first-order chi connectivity index (χ1) is 9.27.